The number of thiocarbonyl (C=S) groups is 1. The molecule has 1 rings (SSSR count). The van der Waals surface area contributed by atoms with Crippen molar-refractivity contribution in [3.8, 4) is 0 Å². The van der Waals surface area contributed by atoms with Crippen LogP contribution in [-0.4, -0.2) is 64.4 Å². The molecule has 1 amide bonds. The van der Waals surface area contributed by atoms with Crippen LogP contribution in [0.25, 0.3) is 0 Å². The lowest BCUT2D eigenvalue weighted by Gasteiger charge is -2.37. The summed E-state index contributed by atoms with van der Waals surface area (Å²) in [6.07, 6.45) is 0.597. The normalized spacial score (nSPS) is 24.8. The fourth-order valence-corrected chi connectivity index (χ4v) is 3.17. The van der Waals surface area contributed by atoms with E-state index >= 15 is 0 Å². The van der Waals surface area contributed by atoms with Crippen LogP contribution in [0.15, 0.2) is 0 Å². The number of hydrogen-bond acceptors (Lipinski definition) is 4. The molecule has 1 heterocycles. The van der Waals surface area contributed by atoms with Crippen LogP contribution in [0, 0.1) is 0 Å². The minimum Gasteiger partial charge on any atom is -0.393 e. The Morgan fingerprint density at radius 3 is 2.83 bits per heavy atom. The molecule has 1 aliphatic heterocycles. The SMILES string of the molecule is CC1SCCN(CC(=O)N(C)CCC(N)=S)C1C. The van der Waals surface area contributed by atoms with Crippen molar-refractivity contribution >= 4 is 34.9 Å². The molecular formula is C12H23N3OS2. The number of carbonyl (C=O) groups excluding carboxylic acids is 1. The molecule has 0 saturated carbocycles. The van der Waals surface area contributed by atoms with E-state index < -0.39 is 0 Å². The van der Waals surface area contributed by atoms with Gasteiger partial charge in [0.25, 0.3) is 0 Å². The van der Waals surface area contributed by atoms with E-state index in [0.29, 0.717) is 35.8 Å². The Balaban J connectivity index is 2.40. The monoisotopic (exact) mass is 289 g/mol. The quantitative estimate of drug-likeness (QED) is 0.764. The van der Waals surface area contributed by atoms with E-state index in [-0.39, 0.29) is 5.91 Å². The fourth-order valence-electron chi connectivity index (χ4n) is 1.92. The molecule has 1 fully saturated rings. The van der Waals surface area contributed by atoms with Gasteiger partial charge in [-0.1, -0.05) is 19.1 Å². The van der Waals surface area contributed by atoms with Gasteiger partial charge in [-0.2, -0.15) is 11.8 Å². The average Bonchev–Trinajstić information content (AvgIpc) is 2.31. The Bertz CT molecular complexity index is 312. The topological polar surface area (TPSA) is 49.6 Å². The first kappa shape index (κ1) is 15.7. The second-order valence-corrected chi connectivity index (χ2v) is 6.83. The first-order valence-corrected chi connectivity index (χ1v) is 7.75. The maximum Gasteiger partial charge on any atom is 0.236 e. The van der Waals surface area contributed by atoms with Crippen molar-refractivity contribution in [2.45, 2.75) is 31.6 Å². The molecular weight excluding hydrogens is 266 g/mol. The van der Waals surface area contributed by atoms with Crippen molar-refractivity contribution in [2.75, 3.05) is 32.4 Å². The minimum atomic E-state index is 0.150. The minimum absolute atomic E-state index is 0.150. The number of likely N-dealkylation sites (N-methyl/N-ethyl adjacent to an activating group) is 1. The highest BCUT2D eigenvalue weighted by molar-refractivity contribution is 8.00. The van der Waals surface area contributed by atoms with Crippen molar-refractivity contribution in [3.05, 3.63) is 0 Å². The predicted molar refractivity (Wildman–Crippen MR) is 82.0 cm³/mol. The van der Waals surface area contributed by atoms with Crippen LogP contribution in [0.4, 0.5) is 0 Å². The highest BCUT2D eigenvalue weighted by Crippen LogP contribution is 2.23. The molecule has 2 atom stereocenters. The Labute approximate surface area is 119 Å². The summed E-state index contributed by atoms with van der Waals surface area (Å²) in [5.74, 6) is 1.26. The highest BCUT2D eigenvalue weighted by Gasteiger charge is 2.27. The zero-order chi connectivity index (χ0) is 13.7. The summed E-state index contributed by atoms with van der Waals surface area (Å²) in [6.45, 7) is 6.52. The molecule has 0 aromatic carbocycles. The number of hydrogen-bond donors (Lipinski definition) is 1. The Hall–Kier alpha value is -0.330. The number of amides is 1. The summed E-state index contributed by atoms with van der Waals surface area (Å²) in [5.41, 5.74) is 5.45. The molecule has 4 nitrogen and oxygen atoms in total. The lowest BCUT2D eigenvalue weighted by Crippen LogP contribution is -2.49. The summed E-state index contributed by atoms with van der Waals surface area (Å²) in [6, 6.07) is 0.455. The fraction of sp³-hybridized carbons (Fsp3) is 0.833. The third-order valence-corrected chi connectivity index (χ3v) is 5.01. The molecule has 2 N–H and O–H groups in total. The zero-order valence-electron chi connectivity index (χ0n) is 11.4. The average molecular weight is 289 g/mol. The van der Waals surface area contributed by atoms with Gasteiger partial charge in [0.15, 0.2) is 0 Å². The second-order valence-electron chi connectivity index (χ2n) is 4.82. The third kappa shape index (κ3) is 4.74. The first-order chi connectivity index (χ1) is 8.41. The number of thioether (sulfide) groups is 1. The van der Waals surface area contributed by atoms with Gasteiger partial charge in [-0.25, -0.2) is 0 Å². The molecule has 2 unspecified atom stereocenters. The van der Waals surface area contributed by atoms with Crippen molar-refractivity contribution < 1.29 is 4.79 Å². The maximum atomic E-state index is 12.1. The van der Waals surface area contributed by atoms with Crippen LogP contribution in [-0.2, 0) is 4.79 Å². The molecule has 18 heavy (non-hydrogen) atoms. The van der Waals surface area contributed by atoms with Gasteiger partial charge in [-0.15, -0.1) is 0 Å². The van der Waals surface area contributed by atoms with Crippen molar-refractivity contribution in [1.29, 1.82) is 0 Å². The predicted octanol–water partition coefficient (Wildman–Crippen LogP) is 0.947. The van der Waals surface area contributed by atoms with E-state index in [1.165, 1.54) is 0 Å². The Morgan fingerprint density at radius 2 is 2.22 bits per heavy atom. The number of carbonyl (C=O) groups is 1. The smallest absolute Gasteiger partial charge is 0.236 e. The molecule has 0 aromatic heterocycles. The molecule has 0 spiro atoms. The molecule has 0 aromatic rings. The standard InChI is InChI=1S/C12H23N3OS2/c1-9-10(2)18-7-6-15(9)8-12(16)14(3)5-4-11(13)17/h9-10H,4-8H2,1-3H3,(H2,13,17). The maximum absolute atomic E-state index is 12.1. The van der Waals surface area contributed by atoms with E-state index in [1.807, 2.05) is 18.8 Å². The third-order valence-electron chi connectivity index (χ3n) is 3.47. The van der Waals surface area contributed by atoms with E-state index in [9.17, 15) is 4.79 Å². The summed E-state index contributed by atoms with van der Waals surface area (Å²) in [5, 5.41) is 0.591. The highest BCUT2D eigenvalue weighted by atomic mass is 32.2. The van der Waals surface area contributed by atoms with Crippen LogP contribution in [0.1, 0.15) is 20.3 Å². The van der Waals surface area contributed by atoms with Crippen LogP contribution in [0.2, 0.25) is 0 Å². The van der Waals surface area contributed by atoms with Crippen LogP contribution < -0.4 is 5.73 Å². The Kier molecular flexibility index (Phi) is 6.38. The number of rotatable bonds is 5. The van der Waals surface area contributed by atoms with Gasteiger partial charge in [0.2, 0.25) is 5.91 Å². The lowest BCUT2D eigenvalue weighted by molar-refractivity contribution is -0.131. The number of nitrogens with zero attached hydrogens (tertiary/aromatic N) is 2. The number of nitrogens with two attached hydrogens (primary N) is 1. The lowest BCUT2D eigenvalue weighted by atomic mass is 10.2. The van der Waals surface area contributed by atoms with Crippen LogP contribution in [0.5, 0.6) is 0 Å². The summed E-state index contributed by atoms with van der Waals surface area (Å²) in [7, 11) is 1.81. The molecule has 1 aliphatic rings. The Morgan fingerprint density at radius 1 is 1.56 bits per heavy atom. The van der Waals surface area contributed by atoms with Crippen LogP contribution >= 0.6 is 24.0 Å². The van der Waals surface area contributed by atoms with Crippen molar-refractivity contribution in [3.63, 3.8) is 0 Å². The molecule has 0 bridgehead atoms. The largest absolute Gasteiger partial charge is 0.393 e. The summed E-state index contributed by atoms with van der Waals surface area (Å²) < 4.78 is 0. The van der Waals surface area contributed by atoms with E-state index in [4.69, 9.17) is 18.0 Å². The van der Waals surface area contributed by atoms with Crippen molar-refractivity contribution in [2.24, 2.45) is 5.73 Å². The first-order valence-electron chi connectivity index (χ1n) is 6.29. The van der Waals surface area contributed by atoms with Gasteiger partial charge < -0.3 is 10.6 Å². The molecule has 6 heteroatoms. The van der Waals surface area contributed by atoms with E-state index in [0.717, 1.165) is 12.3 Å². The van der Waals surface area contributed by atoms with Crippen LogP contribution in [0.3, 0.4) is 0 Å². The second kappa shape index (κ2) is 7.31. The van der Waals surface area contributed by atoms with Gasteiger partial charge in [0, 0.05) is 43.6 Å². The molecule has 0 aliphatic carbocycles. The van der Waals surface area contributed by atoms with E-state index in [1.54, 1.807) is 4.90 Å². The molecule has 0 radical (unpaired) electrons. The summed E-state index contributed by atoms with van der Waals surface area (Å²) >= 11 is 6.80. The van der Waals surface area contributed by atoms with Gasteiger partial charge in [0.05, 0.1) is 11.5 Å². The van der Waals surface area contributed by atoms with Gasteiger partial charge in [-0.3, -0.25) is 9.69 Å². The van der Waals surface area contributed by atoms with Gasteiger partial charge in [-0.05, 0) is 6.92 Å². The molecule has 1 saturated heterocycles. The van der Waals surface area contributed by atoms with Crippen molar-refractivity contribution in [1.82, 2.24) is 9.80 Å². The summed E-state index contributed by atoms with van der Waals surface area (Å²) in [4.78, 5) is 16.5. The van der Waals surface area contributed by atoms with Gasteiger partial charge in [0.1, 0.15) is 0 Å². The van der Waals surface area contributed by atoms with E-state index in [2.05, 4.69) is 18.7 Å². The molecule has 104 valence electrons. The van der Waals surface area contributed by atoms with Gasteiger partial charge >= 0.3 is 0 Å². The zero-order valence-corrected chi connectivity index (χ0v) is 13.0.